The number of aromatic nitrogens is 3. The highest BCUT2D eigenvalue weighted by molar-refractivity contribution is 6.16. The van der Waals surface area contributed by atoms with Crippen molar-refractivity contribution in [3.8, 4) is 16.9 Å². The summed E-state index contributed by atoms with van der Waals surface area (Å²) in [7, 11) is 0. The van der Waals surface area contributed by atoms with Crippen molar-refractivity contribution < 1.29 is 0 Å². The van der Waals surface area contributed by atoms with Crippen LogP contribution < -0.4 is 5.56 Å². The van der Waals surface area contributed by atoms with E-state index in [9.17, 15) is 4.79 Å². The Kier molecular flexibility index (Phi) is 3.67. The molecule has 0 aliphatic rings. The van der Waals surface area contributed by atoms with E-state index in [-0.39, 0.29) is 11.4 Å². The van der Waals surface area contributed by atoms with Crippen molar-refractivity contribution in [1.29, 1.82) is 0 Å². The SMILES string of the molecule is O=c1cc(CCl)nc2cc(-c3ccccc3)n(-c3ccccc3)n12. The molecule has 4 rings (SSSR count). The van der Waals surface area contributed by atoms with Gasteiger partial charge in [-0.05, 0) is 12.1 Å². The van der Waals surface area contributed by atoms with Crippen molar-refractivity contribution in [3.63, 3.8) is 0 Å². The Bertz CT molecular complexity index is 1050. The van der Waals surface area contributed by atoms with Crippen LogP contribution in [0.4, 0.5) is 0 Å². The van der Waals surface area contributed by atoms with E-state index in [1.807, 2.05) is 71.4 Å². The maximum Gasteiger partial charge on any atom is 0.273 e. The first kappa shape index (κ1) is 14.7. The van der Waals surface area contributed by atoms with Gasteiger partial charge >= 0.3 is 0 Å². The Balaban J connectivity index is 2.12. The molecular formula is C19H14ClN3O. The Morgan fingerprint density at radius 2 is 1.58 bits per heavy atom. The van der Waals surface area contributed by atoms with E-state index < -0.39 is 0 Å². The zero-order valence-corrected chi connectivity index (χ0v) is 13.5. The average Bonchev–Trinajstić information content (AvgIpc) is 3.03. The molecule has 2 aromatic carbocycles. The largest absolute Gasteiger partial charge is 0.273 e. The fraction of sp³-hybridized carbons (Fsp3) is 0.0526. The third kappa shape index (κ3) is 2.41. The van der Waals surface area contributed by atoms with Crippen LogP contribution in [0.25, 0.3) is 22.6 Å². The average molecular weight is 336 g/mol. The van der Waals surface area contributed by atoms with Crippen LogP contribution >= 0.6 is 11.6 Å². The molecule has 0 atom stereocenters. The molecular weight excluding hydrogens is 322 g/mol. The van der Waals surface area contributed by atoms with Crippen LogP contribution in [0.5, 0.6) is 0 Å². The second-order valence-electron chi connectivity index (χ2n) is 5.43. The number of benzene rings is 2. The third-order valence-electron chi connectivity index (χ3n) is 3.88. The standard InChI is InChI=1S/C19H14ClN3O/c20-13-15-11-19(24)23-18(21-15)12-17(14-7-3-1-4-8-14)22(23)16-9-5-2-6-10-16/h1-12H,13H2. The Morgan fingerprint density at radius 1 is 0.917 bits per heavy atom. The highest BCUT2D eigenvalue weighted by atomic mass is 35.5. The molecule has 2 heterocycles. The molecule has 0 unspecified atom stereocenters. The van der Waals surface area contributed by atoms with Gasteiger partial charge in [-0.25, -0.2) is 9.67 Å². The molecule has 0 aliphatic carbocycles. The number of halogens is 1. The van der Waals surface area contributed by atoms with E-state index in [0.717, 1.165) is 16.9 Å². The fourth-order valence-corrected chi connectivity index (χ4v) is 2.97. The van der Waals surface area contributed by atoms with E-state index in [0.29, 0.717) is 11.3 Å². The van der Waals surface area contributed by atoms with Crippen LogP contribution in [-0.2, 0) is 5.88 Å². The molecule has 0 saturated heterocycles. The summed E-state index contributed by atoms with van der Waals surface area (Å²) in [6.07, 6.45) is 0. The smallest absolute Gasteiger partial charge is 0.267 e. The van der Waals surface area contributed by atoms with Gasteiger partial charge in [-0.1, -0.05) is 48.5 Å². The molecule has 0 aliphatic heterocycles. The van der Waals surface area contributed by atoms with Crippen molar-refractivity contribution >= 4 is 17.2 Å². The predicted molar refractivity (Wildman–Crippen MR) is 95.8 cm³/mol. The minimum atomic E-state index is -0.151. The van der Waals surface area contributed by atoms with Gasteiger partial charge in [0, 0.05) is 17.7 Å². The lowest BCUT2D eigenvalue weighted by molar-refractivity contribution is 0.766. The Labute approximate surface area is 143 Å². The summed E-state index contributed by atoms with van der Waals surface area (Å²) >= 11 is 5.86. The highest BCUT2D eigenvalue weighted by Crippen LogP contribution is 2.25. The molecule has 0 amide bonds. The molecule has 0 spiro atoms. The summed E-state index contributed by atoms with van der Waals surface area (Å²) in [5.41, 5.74) is 3.82. The summed E-state index contributed by atoms with van der Waals surface area (Å²) in [6.45, 7) is 0. The Morgan fingerprint density at radius 3 is 2.25 bits per heavy atom. The predicted octanol–water partition coefficient (Wildman–Crippen LogP) is 3.89. The van der Waals surface area contributed by atoms with Gasteiger partial charge in [0.25, 0.3) is 5.56 Å². The summed E-state index contributed by atoms with van der Waals surface area (Å²) < 4.78 is 3.46. The van der Waals surface area contributed by atoms with Crippen molar-refractivity contribution in [2.45, 2.75) is 5.88 Å². The maximum atomic E-state index is 12.6. The minimum Gasteiger partial charge on any atom is -0.267 e. The van der Waals surface area contributed by atoms with Crippen LogP contribution in [0.2, 0.25) is 0 Å². The van der Waals surface area contributed by atoms with Gasteiger partial charge < -0.3 is 0 Å². The van der Waals surface area contributed by atoms with Crippen LogP contribution in [0.3, 0.4) is 0 Å². The molecule has 5 heteroatoms. The number of hydrogen-bond donors (Lipinski definition) is 0. The Hall–Kier alpha value is -2.85. The molecule has 0 fully saturated rings. The van der Waals surface area contributed by atoms with Gasteiger partial charge in [0.05, 0.1) is 23.0 Å². The summed E-state index contributed by atoms with van der Waals surface area (Å²) in [5, 5.41) is 0. The molecule has 2 aromatic heterocycles. The first-order valence-corrected chi connectivity index (χ1v) is 8.13. The molecule has 118 valence electrons. The third-order valence-corrected chi connectivity index (χ3v) is 4.15. The number of fused-ring (bicyclic) bond motifs is 1. The maximum absolute atomic E-state index is 12.6. The molecule has 0 saturated carbocycles. The number of para-hydroxylation sites is 1. The van der Waals surface area contributed by atoms with Crippen molar-refractivity contribution in [2.75, 3.05) is 0 Å². The van der Waals surface area contributed by atoms with E-state index in [1.54, 1.807) is 4.52 Å². The second kappa shape index (κ2) is 5.98. The lowest BCUT2D eigenvalue weighted by atomic mass is 10.1. The molecule has 0 bridgehead atoms. The van der Waals surface area contributed by atoms with Gasteiger partial charge in [0.1, 0.15) is 0 Å². The normalized spacial score (nSPS) is 11.0. The summed E-state index contributed by atoms with van der Waals surface area (Å²) in [5.74, 6) is 0.211. The van der Waals surface area contributed by atoms with Crippen LogP contribution in [0, 0.1) is 0 Å². The van der Waals surface area contributed by atoms with Crippen molar-refractivity contribution in [1.82, 2.24) is 14.2 Å². The number of alkyl halides is 1. The van der Waals surface area contributed by atoms with E-state index >= 15 is 0 Å². The monoisotopic (exact) mass is 335 g/mol. The molecule has 4 nitrogen and oxygen atoms in total. The van der Waals surface area contributed by atoms with E-state index in [4.69, 9.17) is 11.6 Å². The fourth-order valence-electron chi connectivity index (χ4n) is 2.84. The number of rotatable bonds is 3. The first-order valence-electron chi connectivity index (χ1n) is 7.59. The molecule has 0 N–H and O–H groups in total. The molecule has 4 aromatic rings. The van der Waals surface area contributed by atoms with E-state index in [1.165, 1.54) is 6.07 Å². The van der Waals surface area contributed by atoms with Crippen molar-refractivity contribution in [2.24, 2.45) is 0 Å². The topological polar surface area (TPSA) is 39.3 Å². The molecule has 24 heavy (non-hydrogen) atoms. The zero-order chi connectivity index (χ0) is 16.5. The first-order chi connectivity index (χ1) is 11.8. The van der Waals surface area contributed by atoms with Gasteiger partial charge in [0.15, 0.2) is 5.65 Å². The second-order valence-corrected chi connectivity index (χ2v) is 5.70. The van der Waals surface area contributed by atoms with E-state index in [2.05, 4.69) is 4.98 Å². The van der Waals surface area contributed by atoms with Gasteiger partial charge in [-0.2, -0.15) is 4.52 Å². The van der Waals surface area contributed by atoms with Crippen LogP contribution in [0.1, 0.15) is 5.69 Å². The van der Waals surface area contributed by atoms with Gasteiger partial charge in [-0.3, -0.25) is 4.79 Å². The number of nitrogens with zero attached hydrogens (tertiary/aromatic N) is 3. The minimum absolute atomic E-state index is 0.151. The molecule has 0 radical (unpaired) electrons. The lowest BCUT2D eigenvalue weighted by Gasteiger charge is -2.11. The summed E-state index contributed by atoms with van der Waals surface area (Å²) in [4.78, 5) is 17.1. The number of hydrogen-bond acceptors (Lipinski definition) is 2. The van der Waals surface area contributed by atoms with Crippen molar-refractivity contribution in [3.05, 3.63) is 88.8 Å². The van der Waals surface area contributed by atoms with Crippen LogP contribution in [-0.4, -0.2) is 14.2 Å². The summed E-state index contributed by atoms with van der Waals surface area (Å²) in [6, 6.07) is 23.1. The highest BCUT2D eigenvalue weighted by Gasteiger charge is 2.15. The quantitative estimate of drug-likeness (QED) is 0.533. The lowest BCUT2D eigenvalue weighted by Crippen LogP contribution is -2.21. The van der Waals surface area contributed by atoms with Crippen LogP contribution in [0.15, 0.2) is 77.6 Å². The van der Waals surface area contributed by atoms with Gasteiger partial charge in [0.2, 0.25) is 0 Å². The zero-order valence-electron chi connectivity index (χ0n) is 12.8. The van der Waals surface area contributed by atoms with Gasteiger partial charge in [-0.15, -0.1) is 11.6 Å².